The summed E-state index contributed by atoms with van der Waals surface area (Å²) in [6.07, 6.45) is 0.951. The maximum atomic E-state index is 10.6. The molecule has 0 aromatic heterocycles. The van der Waals surface area contributed by atoms with Gasteiger partial charge in [0.25, 0.3) is 0 Å². The van der Waals surface area contributed by atoms with Gasteiger partial charge in [0.15, 0.2) is 0 Å². The van der Waals surface area contributed by atoms with E-state index in [1.807, 2.05) is 0 Å². The van der Waals surface area contributed by atoms with E-state index in [9.17, 15) is 4.79 Å². The van der Waals surface area contributed by atoms with Gasteiger partial charge in [-0.15, -0.1) is 0 Å². The molecule has 0 heterocycles. The number of aryl methyl sites for hydroxylation is 2. The summed E-state index contributed by atoms with van der Waals surface area (Å²) in [7, 11) is 0. The van der Waals surface area contributed by atoms with Gasteiger partial charge in [-0.05, 0) is 67.9 Å². The van der Waals surface area contributed by atoms with Gasteiger partial charge >= 0.3 is 5.97 Å². The van der Waals surface area contributed by atoms with Crippen LogP contribution < -0.4 is 0 Å². The van der Waals surface area contributed by atoms with Crippen molar-refractivity contribution in [3.05, 3.63) is 33.9 Å². The zero-order chi connectivity index (χ0) is 13.2. The molecule has 94 valence electrons. The van der Waals surface area contributed by atoms with Crippen molar-refractivity contribution in [1.29, 1.82) is 0 Å². The van der Waals surface area contributed by atoms with E-state index in [-0.39, 0.29) is 6.42 Å². The van der Waals surface area contributed by atoms with Crippen LogP contribution in [0, 0.1) is 27.7 Å². The number of hydrogen-bond acceptors (Lipinski definition) is 1. The Labute approximate surface area is 104 Å². The van der Waals surface area contributed by atoms with Gasteiger partial charge in [-0.1, -0.05) is 13.0 Å². The summed E-state index contributed by atoms with van der Waals surface area (Å²) >= 11 is 0. The van der Waals surface area contributed by atoms with Crippen LogP contribution in [0.5, 0.6) is 0 Å². The molecule has 0 bridgehead atoms. The van der Waals surface area contributed by atoms with Crippen molar-refractivity contribution in [2.45, 2.75) is 53.4 Å². The first kappa shape index (κ1) is 13.8. The molecule has 0 aliphatic heterocycles. The zero-order valence-corrected chi connectivity index (χ0v) is 11.4. The van der Waals surface area contributed by atoms with Crippen LogP contribution >= 0.6 is 0 Å². The lowest BCUT2D eigenvalue weighted by Gasteiger charge is -2.20. The van der Waals surface area contributed by atoms with E-state index < -0.39 is 5.97 Å². The van der Waals surface area contributed by atoms with Crippen LogP contribution in [-0.2, 0) is 4.79 Å². The summed E-state index contributed by atoms with van der Waals surface area (Å²) in [6.45, 7) is 10.6. The Bertz CT molecular complexity index is 407. The van der Waals surface area contributed by atoms with Crippen molar-refractivity contribution in [1.82, 2.24) is 0 Å². The normalized spacial score (nSPS) is 12.5. The van der Waals surface area contributed by atoms with Crippen molar-refractivity contribution >= 4 is 5.97 Å². The molecule has 0 spiro atoms. The van der Waals surface area contributed by atoms with Gasteiger partial charge in [-0.2, -0.15) is 0 Å². The van der Waals surface area contributed by atoms with Crippen molar-refractivity contribution in [2.75, 3.05) is 0 Å². The molecule has 0 aliphatic carbocycles. The molecule has 0 aliphatic rings. The van der Waals surface area contributed by atoms with E-state index in [2.05, 4.69) is 40.7 Å². The first-order valence-electron chi connectivity index (χ1n) is 6.13. The van der Waals surface area contributed by atoms with Crippen molar-refractivity contribution in [3.63, 3.8) is 0 Å². The number of carbonyl (C=O) groups is 1. The van der Waals surface area contributed by atoms with Gasteiger partial charge < -0.3 is 5.11 Å². The van der Waals surface area contributed by atoms with Crippen molar-refractivity contribution in [3.8, 4) is 0 Å². The van der Waals surface area contributed by atoms with Crippen molar-refractivity contribution < 1.29 is 9.90 Å². The molecule has 1 aromatic carbocycles. The maximum absolute atomic E-state index is 10.6. The van der Waals surface area contributed by atoms with E-state index in [0.717, 1.165) is 0 Å². The molecule has 0 saturated carbocycles. The highest BCUT2D eigenvalue weighted by Crippen LogP contribution is 2.31. The summed E-state index contributed by atoms with van der Waals surface area (Å²) in [5.41, 5.74) is 6.55. The Hall–Kier alpha value is -1.31. The van der Waals surface area contributed by atoms with E-state index in [0.29, 0.717) is 12.3 Å². The molecule has 1 rings (SSSR count). The Morgan fingerprint density at radius 2 is 1.65 bits per heavy atom. The smallest absolute Gasteiger partial charge is 0.303 e. The predicted octanol–water partition coefficient (Wildman–Crippen LogP) is 3.89. The summed E-state index contributed by atoms with van der Waals surface area (Å²) in [6, 6.07) is 2.21. The van der Waals surface area contributed by atoms with Crippen LogP contribution in [0.4, 0.5) is 0 Å². The zero-order valence-electron chi connectivity index (χ0n) is 11.4. The Balaban J connectivity index is 3.07. The fourth-order valence-corrected chi connectivity index (χ4v) is 2.47. The third kappa shape index (κ3) is 3.09. The molecular formula is C15H22O2. The highest BCUT2D eigenvalue weighted by atomic mass is 16.4. The highest BCUT2D eigenvalue weighted by Gasteiger charge is 2.15. The average Bonchev–Trinajstić information content (AvgIpc) is 2.24. The Morgan fingerprint density at radius 1 is 1.18 bits per heavy atom. The average molecular weight is 234 g/mol. The van der Waals surface area contributed by atoms with Crippen LogP contribution in [0.3, 0.4) is 0 Å². The van der Waals surface area contributed by atoms with Gasteiger partial charge in [-0.3, -0.25) is 4.79 Å². The summed E-state index contributed by atoms with van der Waals surface area (Å²) in [4.78, 5) is 10.6. The Kier molecular flexibility index (Phi) is 4.33. The van der Waals surface area contributed by atoms with Gasteiger partial charge in [0.05, 0.1) is 0 Å². The number of carboxylic acids is 1. The first-order valence-corrected chi connectivity index (χ1v) is 6.13. The number of aliphatic carboxylic acids is 1. The maximum Gasteiger partial charge on any atom is 0.303 e. The lowest BCUT2D eigenvalue weighted by Crippen LogP contribution is -2.06. The predicted molar refractivity (Wildman–Crippen MR) is 70.7 cm³/mol. The van der Waals surface area contributed by atoms with Crippen LogP contribution in [0.15, 0.2) is 6.07 Å². The molecule has 1 unspecified atom stereocenters. The second-order valence-corrected chi connectivity index (χ2v) is 5.01. The van der Waals surface area contributed by atoms with Crippen LogP contribution in [0.25, 0.3) is 0 Å². The fourth-order valence-electron chi connectivity index (χ4n) is 2.47. The first-order chi connectivity index (χ1) is 7.84. The molecular weight excluding hydrogens is 212 g/mol. The van der Waals surface area contributed by atoms with E-state index in [4.69, 9.17) is 5.11 Å². The topological polar surface area (TPSA) is 37.3 Å². The second-order valence-electron chi connectivity index (χ2n) is 5.01. The lowest BCUT2D eigenvalue weighted by molar-refractivity contribution is -0.137. The minimum atomic E-state index is -0.712. The minimum Gasteiger partial charge on any atom is -0.481 e. The number of hydrogen-bond donors (Lipinski definition) is 1. The molecule has 1 atom stereocenters. The number of benzene rings is 1. The molecule has 2 nitrogen and oxygen atoms in total. The third-order valence-electron chi connectivity index (χ3n) is 3.71. The Morgan fingerprint density at radius 3 is 2.06 bits per heavy atom. The second kappa shape index (κ2) is 5.35. The third-order valence-corrected chi connectivity index (χ3v) is 3.71. The summed E-state index contributed by atoms with van der Waals surface area (Å²) in [5, 5.41) is 8.76. The number of carboxylic acid groups (broad SMARTS) is 1. The van der Waals surface area contributed by atoms with Gasteiger partial charge in [0.1, 0.15) is 0 Å². The largest absolute Gasteiger partial charge is 0.481 e. The van der Waals surface area contributed by atoms with Gasteiger partial charge in [-0.25, -0.2) is 0 Å². The standard InChI is InChI=1S/C15H22O2/c1-9(6-7-14(16)17)15-12(4)10(2)8-11(3)13(15)5/h8-9H,6-7H2,1-5H3,(H,16,17). The molecule has 1 N–H and O–H groups in total. The highest BCUT2D eigenvalue weighted by molar-refractivity contribution is 5.66. The fraction of sp³-hybridized carbons (Fsp3) is 0.533. The quantitative estimate of drug-likeness (QED) is 0.858. The van der Waals surface area contributed by atoms with E-state index in [1.54, 1.807) is 0 Å². The SMILES string of the molecule is Cc1cc(C)c(C)c(C(C)CCC(=O)O)c1C. The number of rotatable bonds is 4. The van der Waals surface area contributed by atoms with Crippen molar-refractivity contribution in [2.24, 2.45) is 0 Å². The minimum absolute atomic E-state index is 0.243. The lowest BCUT2D eigenvalue weighted by atomic mass is 9.85. The molecule has 1 aromatic rings. The van der Waals surface area contributed by atoms with Crippen LogP contribution in [0.1, 0.15) is 53.5 Å². The van der Waals surface area contributed by atoms with E-state index >= 15 is 0 Å². The summed E-state index contributed by atoms with van der Waals surface area (Å²) in [5.74, 6) is -0.402. The molecule has 2 heteroatoms. The van der Waals surface area contributed by atoms with Gasteiger partial charge in [0.2, 0.25) is 0 Å². The van der Waals surface area contributed by atoms with Crippen LogP contribution in [-0.4, -0.2) is 11.1 Å². The molecule has 0 fully saturated rings. The van der Waals surface area contributed by atoms with Crippen LogP contribution in [0.2, 0.25) is 0 Å². The van der Waals surface area contributed by atoms with Gasteiger partial charge in [0, 0.05) is 6.42 Å². The molecule has 17 heavy (non-hydrogen) atoms. The van der Waals surface area contributed by atoms with E-state index in [1.165, 1.54) is 27.8 Å². The monoisotopic (exact) mass is 234 g/mol. The molecule has 0 radical (unpaired) electrons. The molecule has 0 saturated heterocycles. The molecule has 0 amide bonds. The summed E-state index contributed by atoms with van der Waals surface area (Å²) < 4.78 is 0.